The second-order valence-electron chi connectivity index (χ2n) is 3.31. The maximum absolute atomic E-state index is 12.4. The van der Waals surface area contributed by atoms with Crippen molar-refractivity contribution in [3.8, 4) is 0 Å². The molecule has 0 atom stereocenters. The first kappa shape index (κ1) is 14.5. The minimum Gasteiger partial charge on any atom is -0.395 e. The molecule has 1 N–H and O–H groups in total. The number of anilines is 1. The third-order valence-electron chi connectivity index (χ3n) is 2.04. The molecule has 0 saturated carbocycles. The zero-order valence-electron chi connectivity index (χ0n) is 9.09. The largest absolute Gasteiger partial charge is 0.395 e. The lowest BCUT2D eigenvalue weighted by molar-refractivity contribution is -0.384. The van der Waals surface area contributed by atoms with Crippen LogP contribution in [-0.4, -0.2) is 41.1 Å². The van der Waals surface area contributed by atoms with Gasteiger partial charge < -0.3 is 10.0 Å². The molecule has 0 aliphatic rings. The van der Waals surface area contributed by atoms with Crippen molar-refractivity contribution >= 4 is 23.1 Å². The molecule has 100 valence electrons. The zero-order chi connectivity index (χ0) is 13.7. The second kappa shape index (κ2) is 6.41. The number of aromatic nitrogens is 1. The van der Waals surface area contributed by atoms with E-state index in [1.54, 1.807) is 0 Å². The first-order valence-electron chi connectivity index (χ1n) is 4.89. The van der Waals surface area contributed by atoms with Gasteiger partial charge in [0.25, 0.3) is 6.43 Å². The van der Waals surface area contributed by atoms with Gasteiger partial charge in [-0.15, -0.1) is 0 Å². The fourth-order valence-electron chi connectivity index (χ4n) is 1.37. The first-order chi connectivity index (χ1) is 8.45. The average molecular weight is 282 g/mol. The lowest BCUT2D eigenvalue weighted by Gasteiger charge is -2.21. The lowest BCUT2D eigenvalue weighted by Crippen LogP contribution is -2.32. The number of alkyl halides is 2. The predicted octanol–water partition coefficient (Wildman–Crippen LogP) is 1.71. The van der Waals surface area contributed by atoms with Crippen LogP contribution >= 0.6 is 11.6 Å². The minimum atomic E-state index is -2.70. The molecule has 0 bridgehead atoms. The van der Waals surface area contributed by atoms with E-state index in [2.05, 4.69) is 4.98 Å². The summed E-state index contributed by atoms with van der Waals surface area (Å²) in [5, 5.41) is 19.6. The first-order valence-corrected chi connectivity index (χ1v) is 5.27. The van der Waals surface area contributed by atoms with E-state index in [0.717, 1.165) is 17.2 Å². The van der Waals surface area contributed by atoms with E-state index in [0.29, 0.717) is 0 Å². The third-order valence-corrected chi connectivity index (χ3v) is 2.25. The normalized spacial score (nSPS) is 10.7. The quantitative estimate of drug-likeness (QED) is 0.634. The molecule has 1 aromatic rings. The van der Waals surface area contributed by atoms with Crippen LogP contribution in [0.3, 0.4) is 0 Å². The van der Waals surface area contributed by atoms with Crippen LogP contribution in [0.1, 0.15) is 0 Å². The van der Waals surface area contributed by atoms with Crippen molar-refractivity contribution in [3.63, 3.8) is 0 Å². The van der Waals surface area contributed by atoms with Crippen LogP contribution in [0.5, 0.6) is 0 Å². The molecular weight excluding hydrogens is 272 g/mol. The van der Waals surface area contributed by atoms with Crippen LogP contribution in [0.25, 0.3) is 0 Å². The van der Waals surface area contributed by atoms with Crippen molar-refractivity contribution in [3.05, 3.63) is 27.4 Å². The molecule has 0 fully saturated rings. The number of hydrogen-bond donors (Lipinski definition) is 1. The van der Waals surface area contributed by atoms with E-state index in [9.17, 15) is 18.9 Å². The average Bonchev–Trinajstić information content (AvgIpc) is 2.27. The summed E-state index contributed by atoms with van der Waals surface area (Å²) in [6, 6.07) is 1.03. The van der Waals surface area contributed by atoms with Gasteiger partial charge in [-0.3, -0.25) is 10.1 Å². The molecule has 0 amide bonds. The van der Waals surface area contributed by atoms with Gasteiger partial charge in [-0.1, -0.05) is 11.6 Å². The summed E-state index contributed by atoms with van der Waals surface area (Å²) in [7, 11) is 0. The highest BCUT2D eigenvalue weighted by molar-refractivity contribution is 6.30. The van der Waals surface area contributed by atoms with Gasteiger partial charge in [-0.05, 0) is 0 Å². The number of aliphatic hydroxyl groups is 1. The van der Waals surface area contributed by atoms with Gasteiger partial charge in [0.1, 0.15) is 0 Å². The Hall–Kier alpha value is -1.54. The summed E-state index contributed by atoms with van der Waals surface area (Å²) >= 11 is 5.57. The number of nitrogens with zero attached hydrogens (tertiary/aromatic N) is 3. The molecule has 18 heavy (non-hydrogen) atoms. The molecule has 1 rings (SSSR count). The Morgan fingerprint density at radius 2 is 2.28 bits per heavy atom. The molecular formula is C9H10ClF2N3O3. The Morgan fingerprint density at radius 3 is 2.78 bits per heavy atom. The van der Waals surface area contributed by atoms with E-state index in [1.807, 2.05) is 0 Å². The highest BCUT2D eigenvalue weighted by Gasteiger charge is 2.23. The van der Waals surface area contributed by atoms with Gasteiger partial charge >= 0.3 is 5.69 Å². The predicted molar refractivity (Wildman–Crippen MR) is 61.2 cm³/mol. The highest BCUT2D eigenvalue weighted by Crippen LogP contribution is 2.28. The molecule has 6 nitrogen and oxygen atoms in total. The summed E-state index contributed by atoms with van der Waals surface area (Å²) in [6.45, 7) is -1.36. The minimum absolute atomic E-state index is 0.0337. The Kier molecular flexibility index (Phi) is 5.17. The molecule has 1 heterocycles. The topological polar surface area (TPSA) is 79.5 Å². The Balaban J connectivity index is 3.13. The van der Waals surface area contributed by atoms with Crippen molar-refractivity contribution in [2.45, 2.75) is 6.43 Å². The van der Waals surface area contributed by atoms with Gasteiger partial charge in [0.05, 0.1) is 23.1 Å². The summed E-state index contributed by atoms with van der Waals surface area (Å²) in [5.41, 5.74) is -0.475. The standard InChI is InChI=1S/C9H10ClF2N3O3/c10-6-3-7(15(17)18)9(13-4-6)14(1-2-16)5-8(11)12/h3-4,8,16H,1-2,5H2. The smallest absolute Gasteiger partial charge is 0.313 e. The van der Waals surface area contributed by atoms with Crippen LogP contribution < -0.4 is 4.90 Å². The van der Waals surface area contributed by atoms with E-state index < -0.39 is 30.2 Å². The Morgan fingerprint density at radius 1 is 1.61 bits per heavy atom. The SMILES string of the molecule is O=[N+]([O-])c1cc(Cl)cnc1N(CCO)CC(F)F. The number of pyridine rings is 1. The highest BCUT2D eigenvalue weighted by atomic mass is 35.5. The lowest BCUT2D eigenvalue weighted by atomic mass is 10.3. The number of aliphatic hydroxyl groups excluding tert-OH is 1. The van der Waals surface area contributed by atoms with E-state index in [1.165, 1.54) is 0 Å². The van der Waals surface area contributed by atoms with Gasteiger partial charge in [-0.25, -0.2) is 13.8 Å². The number of nitro groups is 1. The summed E-state index contributed by atoms with van der Waals surface area (Å²) in [5.74, 6) is -0.237. The van der Waals surface area contributed by atoms with Crippen LogP contribution in [0.4, 0.5) is 20.3 Å². The van der Waals surface area contributed by atoms with Crippen molar-refractivity contribution in [1.29, 1.82) is 0 Å². The number of halogens is 3. The molecule has 9 heteroatoms. The Labute approximate surface area is 106 Å². The molecule has 1 aromatic heterocycles. The molecule has 0 aliphatic heterocycles. The Bertz CT molecular complexity index is 434. The molecule has 0 aliphatic carbocycles. The van der Waals surface area contributed by atoms with Gasteiger partial charge in [0.15, 0.2) is 0 Å². The van der Waals surface area contributed by atoms with E-state index >= 15 is 0 Å². The van der Waals surface area contributed by atoms with Crippen molar-refractivity contribution in [2.75, 3.05) is 24.6 Å². The maximum Gasteiger partial charge on any atom is 0.313 e. The third kappa shape index (κ3) is 3.74. The van der Waals surface area contributed by atoms with Crippen LogP contribution in [0.15, 0.2) is 12.3 Å². The van der Waals surface area contributed by atoms with Crippen LogP contribution in [-0.2, 0) is 0 Å². The molecule has 0 unspecified atom stereocenters. The van der Waals surface area contributed by atoms with Crippen molar-refractivity contribution in [2.24, 2.45) is 0 Å². The van der Waals surface area contributed by atoms with Crippen LogP contribution in [0, 0.1) is 10.1 Å². The van der Waals surface area contributed by atoms with Crippen molar-refractivity contribution < 1.29 is 18.8 Å². The molecule has 0 saturated heterocycles. The summed E-state index contributed by atoms with van der Waals surface area (Å²) in [4.78, 5) is 14.7. The van der Waals surface area contributed by atoms with Crippen LogP contribution in [0.2, 0.25) is 5.02 Å². The van der Waals surface area contributed by atoms with Gasteiger partial charge in [0, 0.05) is 18.8 Å². The van der Waals surface area contributed by atoms with E-state index in [-0.39, 0.29) is 17.4 Å². The zero-order valence-corrected chi connectivity index (χ0v) is 9.85. The van der Waals surface area contributed by atoms with E-state index in [4.69, 9.17) is 16.7 Å². The summed E-state index contributed by atoms with van der Waals surface area (Å²) < 4.78 is 24.7. The second-order valence-corrected chi connectivity index (χ2v) is 3.75. The fourth-order valence-corrected chi connectivity index (χ4v) is 1.52. The van der Waals surface area contributed by atoms with Gasteiger partial charge in [0.2, 0.25) is 5.82 Å². The maximum atomic E-state index is 12.4. The monoisotopic (exact) mass is 281 g/mol. The molecule has 0 aromatic carbocycles. The number of rotatable bonds is 6. The summed E-state index contributed by atoms with van der Waals surface area (Å²) in [6.07, 6.45) is -1.58. The fraction of sp³-hybridized carbons (Fsp3) is 0.444. The molecule has 0 radical (unpaired) electrons. The van der Waals surface area contributed by atoms with Gasteiger partial charge in [-0.2, -0.15) is 0 Å². The van der Waals surface area contributed by atoms with Crippen molar-refractivity contribution in [1.82, 2.24) is 4.98 Å². The molecule has 0 spiro atoms. The number of hydrogen-bond acceptors (Lipinski definition) is 5.